The molecular formula is C22H23BrN4O2S. The van der Waals surface area contributed by atoms with E-state index in [4.69, 9.17) is 4.42 Å². The number of aromatic nitrogens is 2. The molecule has 3 aromatic rings. The molecule has 2 aromatic carbocycles. The maximum Gasteiger partial charge on any atom is 0.277 e. The van der Waals surface area contributed by atoms with E-state index in [0.29, 0.717) is 11.1 Å². The molecule has 0 saturated carbocycles. The molecule has 0 spiro atoms. The highest BCUT2D eigenvalue weighted by atomic mass is 79.9. The third-order valence-corrected chi connectivity index (χ3v) is 6.29. The predicted molar refractivity (Wildman–Crippen MR) is 124 cm³/mol. The van der Waals surface area contributed by atoms with Gasteiger partial charge in [0.05, 0.1) is 5.75 Å². The monoisotopic (exact) mass is 486 g/mol. The van der Waals surface area contributed by atoms with E-state index >= 15 is 0 Å². The minimum absolute atomic E-state index is 0.106. The lowest BCUT2D eigenvalue weighted by molar-refractivity contribution is -0.113. The van der Waals surface area contributed by atoms with Crippen LogP contribution in [0.15, 0.2) is 62.6 Å². The van der Waals surface area contributed by atoms with Crippen LogP contribution in [0.25, 0.3) is 11.5 Å². The van der Waals surface area contributed by atoms with Gasteiger partial charge in [-0.05, 0) is 61.4 Å². The number of benzene rings is 2. The number of rotatable bonds is 6. The summed E-state index contributed by atoms with van der Waals surface area (Å²) in [5, 5.41) is 11.4. The van der Waals surface area contributed by atoms with Crippen LogP contribution in [-0.4, -0.2) is 34.9 Å². The Morgan fingerprint density at radius 2 is 1.70 bits per heavy atom. The minimum Gasteiger partial charge on any atom is -0.411 e. The standard InChI is InChI=1S/C22H23BrN4O2S/c23-17-7-5-16(6-8-17)21-25-26-22(29-21)30-15-20(28)24-18-9-11-19(12-10-18)27-13-3-1-2-4-14-27/h5-12H,1-4,13-15H2,(H,24,28). The molecule has 1 aromatic heterocycles. The first kappa shape index (κ1) is 20.9. The molecule has 6 nitrogen and oxygen atoms in total. The van der Waals surface area contributed by atoms with E-state index in [2.05, 4.69) is 48.5 Å². The van der Waals surface area contributed by atoms with Crippen LogP contribution in [0.2, 0.25) is 0 Å². The quantitative estimate of drug-likeness (QED) is 0.456. The molecule has 0 aliphatic carbocycles. The molecule has 0 bridgehead atoms. The summed E-state index contributed by atoms with van der Waals surface area (Å²) in [6.07, 6.45) is 5.11. The van der Waals surface area contributed by atoms with Crippen LogP contribution in [0.4, 0.5) is 11.4 Å². The number of nitrogens with zero attached hydrogens (tertiary/aromatic N) is 3. The van der Waals surface area contributed by atoms with Crippen molar-refractivity contribution in [3.05, 3.63) is 53.0 Å². The van der Waals surface area contributed by atoms with Crippen LogP contribution >= 0.6 is 27.7 Å². The fourth-order valence-corrected chi connectivity index (χ4v) is 4.21. The van der Waals surface area contributed by atoms with Crippen molar-refractivity contribution in [2.24, 2.45) is 0 Å². The third kappa shape index (κ3) is 5.64. The van der Waals surface area contributed by atoms with Crippen LogP contribution in [0.3, 0.4) is 0 Å². The third-order valence-electron chi connectivity index (χ3n) is 4.95. The van der Waals surface area contributed by atoms with Gasteiger partial charge in [-0.1, -0.05) is 40.5 Å². The van der Waals surface area contributed by atoms with E-state index < -0.39 is 0 Å². The molecule has 1 aliphatic rings. The maximum atomic E-state index is 12.3. The molecule has 1 saturated heterocycles. The summed E-state index contributed by atoms with van der Waals surface area (Å²) in [6.45, 7) is 2.21. The Morgan fingerprint density at radius 1 is 1.00 bits per heavy atom. The predicted octanol–water partition coefficient (Wildman–Crippen LogP) is 5.61. The van der Waals surface area contributed by atoms with Gasteiger partial charge in [-0.2, -0.15) is 0 Å². The number of hydrogen-bond acceptors (Lipinski definition) is 6. The van der Waals surface area contributed by atoms with E-state index in [1.807, 2.05) is 36.4 Å². The van der Waals surface area contributed by atoms with Gasteiger partial charge in [0.2, 0.25) is 11.8 Å². The van der Waals surface area contributed by atoms with Gasteiger partial charge >= 0.3 is 0 Å². The molecule has 156 valence electrons. The Morgan fingerprint density at radius 3 is 2.40 bits per heavy atom. The lowest BCUT2D eigenvalue weighted by atomic mass is 10.2. The molecule has 1 fully saturated rings. The van der Waals surface area contributed by atoms with Gasteiger partial charge in [0.1, 0.15) is 0 Å². The summed E-state index contributed by atoms with van der Waals surface area (Å²) >= 11 is 4.63. The molecule has 0 radical (unpaired) electrons. The maximum absolute atomic E-state index is 12.3. The number of thioether (sulfide) groups is 1. The van der Waals surface area contributed by atoms with Gasteiger partial charge in [0.25, 0.3) is 5.22 Å². The van der Waals surface area contributed by atoms with Crippen molar-refractivity contribution < 1.29 is 9.21 Å². The van der Waals surface area contributed by atoms with E-state index in [-0.39, 0.29) is 11.7 Å². The fraction of sp³-hybridized carbons (Fsp3) is 0.318. The SMILES string of the molecule is O=C(CSc1nnc(-c2ccc(Br)cc2)o1)Nc1ccc(N2CCCCCC2)cc1. The van der Waals surface area contributed by atoms with Crippen molar-refractivity contribution in [3.8, 4) is 11.5 Å². The molecule has 1 aliphatic heterocycles. The molecule has 0 unspecified atom stereocenters. The zero-order valence-electron chi connectivity index (χ0n) is 16.5. The van der Waals surface area contributed by atoms with Gasteiger partial charge in [0.15, 0.2) is 0 Å². The van der Waals surface area contributed by atoms with Crippen molar-refractivity contribution in [1.82, 2.24) is 10.2 Å². The van der Waals surface area contributed by atoms with Crippen LogP contribution in [0, 0.1) is 0 Å². The highest BCUT2D eigenvalue weighted by Crippen LogP contribution is 2.25. The Labute approximate surface area is 188 Å². The second-order valence-electron chi connectivity index (χ2n) is 7.17. The number of halogens is 1. The Bertz CT molecular complexity index is 968. The van der Waals surface area contributed by atoms with Crippen molar-refractivity contribution in [3.63, 3.8) is 0 Å². The normalized spacial score (nSPS) is 14.4. The number of carbonyl (C=O) groups is 1. The largest absolute Gasteiger partial charge is 0.411 e. The Kier molecular flexibility index (Phi) is 7.07. The van der Waals surface area contributed by atoms with Crippen molar-refractivity contribution in [2.75, 3.05) is 29.1 Å². The first-order valence-corrected chi connectivity index (χ1v) is 11.8. The van der Waals surface area contributed by atoms with Crippen molar-refractivity contribution in [2.45, 2.75) is 30.9 Å². The molecule has 1 amide bonds. The van der Waals surface area contributed by atoms with E-state index in [1.54, 1.807) is 0 Å². The Hall–Kier alpha value is -2.32. The van der Waals surface area contributed by atoms with Crippen LogP contribution in [0.1, 0.15) is 25.7 Å². The zero-order valence-corrected chi connectivity index (χ0v) is 18.9. The molecule has 8 heteroatoms. The lowest BCUT2D eigenvalue weighted by Crippen LogP contribution is -2.23. The van der Waals surface area contributed by atoms with Gasteiger partial charge in [-0.3, -0.25) is 4.79 Å². The summed E-state index contributed by atoms with van der Waals surface area (Å²) in [6, 6.07) is 15.7. The summed E-state index contributed by atoms with van der Waals surface area (Å²) in [5.74, 6) is 0.538. The van der Waals surface area contributed by atoms with E-state index in [9.17, 15) is 4.79 Å². The molecule has 2 heterocycles. The average Bonchev–Trinajstić information content (AvgIpc) is 3.07. The minimum atomic E-state index is -0.106. The summed E-state index contributed by atoms with van der Waals surface area (Å²) in [5.41, 5.74) is 2.85. The zero-order chi connectivity index (χ0) is 20.8. The van der Waals surface area contributed by atoms with Gasteiger partial charge in [-0.25, -0.2) is 0 Å². The summed E-state index contributed by atoms with van der Waals surface area (Å²) in [4.78, 5) is 14.7. The van der Waals surface area contributed by atoms with E-state index in [0.717, 1.165) is 28.8 Å². The highest BCUT2D eigenvalue weighted by Gasteiger charge is 2.13. The van der Waals surface area contributed by atoms with E-state index in [1.165, 1.54) is 43.1 Å². The van der Waals surface area contributed by atoms with Gasteiger partial charge < -0.3 is 14.6 Å². The first-order valence-electron chi connectivity index (χ1n) is 10.0. The Balaban J connectivity index is 1.28. The highest BCUT2D eigenvalue weighted by molar-refractivity contribution is 9.10. The second kappa shape index (κ2) is 10.1. The van der Waals surface area contributed by atoms with Crippen LogP contribution < -0.4 is 10.2 Å². The topological polar surface area (TPSA) is 71.3 Å². The van der Waals surface area contributed by atoms with Crippen molar-refractivity contribution >= 4 is 45.0 Å². The lowest BCUT2D eigenvalue weighted by Gasteiger charge is -2.22. The fourth-order valence-electron chi connectivity index (χ4n) is 3.39. The molecule has 0 atom stereocenters. The van der Waals surface area contributed by atoms with Crippen LogP contribution in [-0.2, 0) is 4.79 Å². The van der Waals surface area contributed by atoms with Crippen molar-refractivity contribution in [1.29, 1.82) is 0 Å². The smallest absolute Gasteiger partial charge is 0.277 e. The molecule has 30 heavy (non-hydrogen) atoms. The molecule has 1 N–H and O–H groups in total. The number of anilines is 2. The average molecular weight is 487 g/mol. The molecule has 4 rings (SSSR count). The summed E-state index contributed by atoms with van der Waals surface area (Å²) < 4.78 is 6.63. The second-order valence-corrected chi connectivity index (χ2v) is 9.01. The van der Waals surface area contributed by atoms with Crippen LogP contribution in [0.5, 0.6) is 0 Å². The molecular weight excluding hydrogens is 464 g/mol. The first-order chi connectivity index (χ1) is 14.7. The number of amides is 1. The number of nitrogens with one attached hydrogen (secondary N) is 1. The number of hydrogen-bond donors (Lipinski definition) is 1. The van der Waals surface area contributed by atoms with Gasteiger partial charge in [0, 0.05) is 34.5 Å². The van der Waals surface area contributed by atoms with Gasteiger partial charge in [-0.15, -0.1) is 10.2 Å². The number of carbonyl (C=O) groups excluding carboxylic acids is 1. The summed E-state index contributed by atoms with van der Waals surface area (Å²) in [7, 11) is 0.